The van der Waals surface area contributed by atoms with Gasteiger partial charge in [0.2, 0.25) is 10.0 Å². The van der Waals surface area contributed by atoms with Crippen molar-refractivity contribution in [3.05, 3.63) is 51.8 Å². The molecule has 1 aliphatic rings. The number of nitrogens with zero attached hydrogens (tertiary/aromatic N) is 2. The Morgan fingerprint density at radius 3 is 2.59 bits per heavy atom. The summed E-state index contributed by atoms with van der Waals surface area (Å²) in [5.41, 5.74) is 0.408. The topological polar surface area (TPSA) is 64.0 Å². The highest BCUT2D eigenvalue weighted by Gasteiger charge is 2.39. The molecule has 0 saturated carbocycles. The van der Waals surface area contributed by atoms with E-state index in [1.54, 1.807) is 24.3 Å². The molecule has 1 N–H and O–H groups in total. The van der Waals surface area contributed by atoms with Crippen LogP contribution in [0.15, 0.2) is 24.3 Å². The van der Waals surface area contributed by atoms with Crippen molar-refractivity contribution in [2.75, 3.05) is 6.54 Å². The van der Waals surface area contributed by atoms with Gasteiger partial charge in [0.05, 0.1) is 12.3 Å². The molecular weight excluding hydrogens is 403 g/mol. The number of hydrogen-bond acceptors (Lipinski definition) is 3. The van der Waals surface area contributed by atoms with E-state index in [2.05, 4.69) is 9.82 Å². The van der Waals surface area contributed by atoms with Crippen molar-refractivity contribution < 1.29 is 21.6 Å². The number of sulfonamides is 1. The summed E-state index contributed by atoms with van der Waals surface area (Å²) in [5.74, 6) is -0.294. The van der Waals surface area contributed by atoms with E-state index >= 15 is 0 Å². The van der Waals surface area contributed by atoms with E-state index < -0.39 is 21.9 Å². The predicted molar refractivity (Wildman–Crippen MR) is 95.9 cm³/mol. The standard InChI is InChI=1S/C17H19ClF3N3O2S/c18-14-7-3-1-5-12(14)11-27(25,26)22-9-10-24-15-8-4-2-6-13(15)16(23-24)17(19,20)21/h1,3,5,7,22H,2,4,6,8-11H2. The van der Waals surface area contributed by atoms with Crippen molar-refractivity contribution in [1.82, 2.24) is 14.5 Å². The maximum atomic E-state index is 13.2. The number of fused-ring (bicyclic) bond motifs is 1. The molecule has 0 saturated heterocycles. The van der Waals surface area contributed by atoms with Gasteiger partial charge in [0, 0.05) is 22.8 Å². The van der Waals surface area contributed by atoms with Gasteiger partial charge in [-0.1, -0.05) is 29.8 Å². The Morgan fingerprint density at radius 1 is 1.19 bits per heavy atom. The Labute approximate surface area is 160 Å². The molecule has 1 heterocycles. The molecule has 0 unspecified atom stereocenters. The molecule has 0 atom stereocenters. The second kappa shape index (κ2) is 7.81. The SMILES string of the molecule is O=S(=O)(Cc1ccccc1Cl)NCCn1nc(C(F)(F)F)c2c1CCCC2. The predicted octanol–water partition coefficient (Wildman–Crippen LogP) is 3.55. The molecule has 27 heavy (non-hydrogen) atoms. The number of halogens is 4. The van der Waals surface area contributed by atoms with Crippen LogP contribution in [0, 0.1) is 0 Å². The molecule has 0 bridgehead atoms. The third kappa shape index (κ3) is 4.83. The van der Waals surface area contributed by atoms with Crippen LogP contribution in [0.2, 0.25) is 5.02 Å². The zero-order chi connectivity index (χ0) is 19.7. The van der Waals surface area contributed by atoms with Crippen molar-refractivity contribution in [3.63, 3.8) is 0 Å². The van der Waals surface area contributed by atoms with Gasteiger partial charge in [-0.25, -0.2) is 13.1 Å². The highest BCUT2D eigenvalue weighted by molar-refractivity contribution is 7.88. The summed E-state index contributed by atoms with van der Waals surface area (Å²) in [4.78, 5) is 0. The fourth-order valence-electron chi connectivity index (χ4n) is 3.26. The zero-order valence-electron chi connectivity index (χ0n) is 14.4. The lowest BCUT2D eigenvalue weighted by Gasteiger charge is -2.15. The normalized spacial score (nSPS) is 15.0. The first kappa shape index (κ1) is 20.2. The third-order valence-corrected chi connectivity index (χ3v) is 6.18. The molecule has 1 aliphatic carbocycles. The summed E-state index contributed by atoms with van der Waals surface area (Å²) in [6, 6.07) is 6.60. The molecular formula is C17H19ClF3N3O2S. The van der Waals surface area contributed by atoms with E-state index in [0.29, 0.717) is 35.5 Å². The number of alkyl halides is 3. The molecule has 10 heteroatoms. The quantitative estimate of drug-likeness (QED) is 0.775. The van der Waals surface area contributed by atoms with Crippen LogP contribution in [0.5, 0.6) is 0 Å². The molecule has 5 nitrogen and oxygen atoms in total. The Balaban J connectivity index is 1.68. The van der Waals surface area contributed by atoms with E-state index in [4.69, 9.17) is 11.6 Å². The van der Waals surface area contributed by atoms with Crippen LogP contribution < -0.4 is 4.72 Å². The smallest absolute Gasteiger partial charge is 0.267 e. The van der Waals surface area contributed by atoms with E-state index in [9.17, 15) is 21.6 Å². The number of aromatic nitrogens is 2. The summed E-state index contributed by atoms with van der Waals surface area (Å²) in [5, 5.41) is 4.06. The van der Waals surface area contributed by atoms with Gasteiger partial charge >= 0.3 is 6.18 Å². The van der Waals surface area contributed by atoms with E-state index in [1.165, 1.54) is 4.68 Å². The fourth-order valence-corrected chi connectivity index (χ4v) is 4.71. The minimum Gasteiger partial charge on any atom is -0.267 e. The summed E-state index contributed by atoms with van der Waals surface area (Å²) in [6.07, 6.45) is -2.14. The fraction of sp³-hybridized carbons (Fsp3) is 0.471. The van der Waals surface area contributed by atoms with E-state index in [0.717, 1.165) is 6.42 Å². The first-order valence-electron chi connectivity index (χ1n) is 8.54. The lowest BCUT2D eigenvalue weighted by Crippen LogP contribution is -2.29. The molecule has 3 rings (SSSR count). The first-order valence-corrected chi connectivity index (χ1v) is 10.6. The number of benzene rings is 1. The van der Waals surface area contributed by atoms with Gasteiger partial charge in [-0.05, 0) is 37.3 Å². The second-order valence-corrected chi connectivity index (χ2v) is 8.66. The van der Waals surface area contributed by atoms with Crippen molar-refractivity contribution in [1.29, 1.82) is 0 Å². The average Bonchev–Trinajstić information content (AvgIpc) is 2.96. The second-order valence-electron chi connectivity index (χ2n) is 6.45. The molecule has 0 spiro atoms. The maximum absolute atomic E-state index is 13.2. The highest BCUT2D eigenvalue weighted by Crippen LogP contribution is 2.35. The summed E-state index contributed by atoms with van der Waals surface area (Å²) in [7, 11) is -3.67. The third-order valence-electron chi connectivity index (χ3n) is 4.47. The molecule has 2 aromatic rings. The number of hydrogen-bond donors (Lipinski definition) is 1. The van der Waals surface area contributed by atoms with Gasteiger partial charge in [-0.2, -0.15) is 18.3 Å². The van der Waals surface area contributed by atoms with E-state index in [1.807, 2.05) is 0 Å². The molecule has 0 aliphatic heterocycles. The highest BCUT2D eigenvalue weighted by atomic mass is 35.5. The number of nitrogens with one attached hydrogen (secondary N) is 1. The van der Waals surface area contributed by atoms with Crippen LogP contribution >= 0.6 is 11.6 Å². The van der Waals surface area contributed by atoms with Crippen LogP contribution in [0.25, 0.3) is 0 Å². The van der Waals surface area contributed by atoms with Gasteiger partial charge in [-0.15, -0.1) is 0 Å². The van der Waals surface area contributed by atoms with Gasteiger partial charge in [0.1, 0.15) is 0 Å². The summed E-state index contributed by atoms with van der Waals surface area (Å²) >= 11 is 5.97. The summed E-state index contributed by atoms with van der Waals surface area (Å²) < 4.78 is 67.7. The van der Waals surface area contributed by atoms with Gasteiger partial charge < -0.3 is 0 Å². The first-order chi connectivity index (χ1) is 12.7. The van der Waals surface area contributed by atoms with Crippen LogP contribution in [-0.4, -0.2) is 24.7 Å². The van der Waals surface area contributed by atoms with Gasteiger partial charge in [0.15, 0.2) is 5.69 Å². The van der Waals surface area contributed by atoms with Crippen molar-refractivity contribution in [2.24, 2.45) is 0 Å². The van der Waals surface area contributed by atoms with Crippen molar-refractivity contribution in [2.45, 2.75) is 44.2 Å². The van der Waals surface area contributed by atoms with Crippen LogP contribution in [0.3, 0.4) is 0 Å². The molecule has 1 aromatic heterocycles. The Bertz CT molecular complexity index is 926. The van der Waals surface area contributed by atoms with Gasteiger partial charge in [-0.3, -0.25) is 4.68 Å². The van der Waals surface area contributed by atoms with E-state index in [-0.39, 0.29) is 24.4 Å². The zero-order valence-corrected chi connectivity index (χ0v) is 16.0. The lowest BCUT2D eigenvalue weighted by molar-refractivity contribution is -0.142. The van der Waals surface area contributed by atoms with Crippen LogP contribution in [-0.2, 0) is 41.3 Å². The van der Waals surface area contributed by atoms with Crippen LogP contribution in [0.4, 0.5) is 13.2 Å². The molecule has 1 aromatic carbocycles. The molecule has 0 radical (unpaired) electrons. The molecule has 0 fully saturated rings. The Hall–Kier alpha value is -1.58. The van der Waals surface area contributed by atoms with Crippen molar-refractivity contribution >= 4 is 21.6 Å². The lowest BCUT2D eigenvalue weighted by atomic mass is 9.95. The average molecular weight is 422 g/mol. The minimum absolute atomic E-state index is 0.0418. The number of rotatable bonds is 6. The molecule has 148 valence electrons. The largest absolute Gasteiger partial charge is 0.435 e. The maximum Gasteiger partial charge on any atom is 0.435 e. The molecule has 0 amide bonds. The van der Waals surface area contributed by atoms with Crippen LogP contribution in [0.1, 0.15) is 35.4 Å². The Morgan fingerprint density at radius 2 is 1.89 bits per heavy atom. The van der Waals surface area contributed by atoms with Gasteiger partial charge in [0.25, 0.3) is 0 Å². The minimum atomic E-state index is -4.50. The Kier molecular flexibility index (Phi) is 5.83. The summed E-state index contributed by atoms with van der Waals surface area (Å²) in [6.45, 7) is -0.00162. The van der Waals surface area contributed by atoms with Crippen molar-refractivity contribution in [3.8, 4) is 0 Å². The monoisotopic (exact) mass is 421 g/mol.